The van der Waals surface area contributed by atoms with E-state index in [4.69, 9.17) is 33.3 Å². The number of anilines is 1. The highest BCUT2D eigenvalue weighted by molar-refractivity contribution is 6.76. The quantitative estimate of drug-likeness (QED) is 0.0771. The Morgan fingerprint density at radius 3 is 2.55 bits per heavy atom. The van der Waals surface area contributed by atoms with Gasteiger partial charge in [-0.1, -0.05) is 38.5 Å². The van der Waals surface area contributed by atoms with Crippen molar-refractivity contribution in [1.82, 2.24) is 29.5 Å². The Kier molecular flexibility index (Phi) is 11.0. The lowest BCUT2D eigenvalue weighted by Gasteiger charge is -2.24. The number of nitrogens with one attached hydrogen (secondary N) is 1. The Balaban J connectivity index is 1.27. The second-order valence-electron chi connectivity index (χ2n) is 13.6. The number of imidazole rings is 1. The molecule has 13 heteroatoms. The summed E-state index contributed by atoms with van der Waals surface area (Å²) >= 11 is 0. The van der Waals surface area contributed by atoms with E-state index in [9.17, 15) is 0 Å². The van der Waals surface area contributed by atoms with E-state index in [1.54, 1.807) is 32.0 Å². The van der Waals surface area contributed by atoms with Gasteiger partial charge in [0.2, 0.25) is 11.7 Å². The summed E-state index contributed by atoms with van der Waals surface area (Å²) in [7, 11) is 0.407. The normalized spacial score (nSPS) is 15.1. The number of aromatic nitrogens is 6. The summed E-state index contributed by atoms with van der Waals surface area (Å²) < 4.78 is 32.0. The maximum Gasteiger partial charge on any atom is 0.255 e. The van der Waals surface area contributed by atoms with Crippen LogP contribution in [0.4, 0.5) is 5.95 Å². The first-order valence-corrected chi connectivity index (χ1v) is 20.8. The number of hydrogen-bond acceptors (Lipinski definition) is 11. The molecule has 0 saturated carbocycles. The van der Waals surface area contributed by atoms with Gasteiger partial charge in [-0.25, -0.2) is 19.9 Å². The van der Waals surface area contributed by atoms with E-state index in [-0.39, 0.29) is 6.04 Å². The molecule has 1 N–H and O–H groups in total. The molecular formula is C36H47N7O5Si. The molecule has 1 fully saturated rings. The highest BCUT2D eigenvalue weighted by Crippen LogP contribution is 2.38. The number of unbranched alkanes of at least 4 members (excludes halogenated alkanes) is 2. The van der Waals surface area contributed by atoms with Gasteiger partial charge in [0.05, 0.1) is 50.0 Å². The van der Waals surface area contributed by atoms with E-state index in [0.29, 0.717) is 44.8 Å². The van der Waals surface area contributed by atoms with Crippen molar-refractivity contribution < 1.29 is 23.4 Å². The number of benzene rings is 1. The molecule has 0 amide bonds. The number of ether oxygens (including phenoxy) is 4. The smallest absolute Gasteiger partial charge is 0.255 e. The molecule has 49 heavy (non-hydrogen) atoms. The predicted octanol–water partition coefficient (Wildman–Crippen LogP) is 7.51. The van der Waals surface area contributed by atoms with Gasteiger partial charge in [0.15, 0.2) is 0 Å². The average molecular weight is 686 g/mol. The van der Waals surface area contributed by atoms with Gasteiger partial charge in [0.25, 0.3) is 5.89 Å². The average Bonchev–Trinajstić information content (AvgIpc) is 3.88. The number of nitrogens with zero attached hydrogens (tertiary/aromatic N) is 6. The molecule has 1 aliphatic heterocycles. The molecule has 0 spiro atoms. The maximum atomic E-state index is 6.38. The van der Waals surface area contributed by atoms with Gasteiger partial charge in [-0.15, -0.1) is 0 Å². The lowest BCUT2D eigenvalue weighted by atomic mass is 10.0. The van der Waals surface area contributed by atoms with Crippen LogP contribution in [0.5, 0.6) is 5.75 Å². The Hall–Kier alpha value is -4.17. The molecule has 4 aromatic heterocycles. The monoisotopic (exact) mass is 685 g/mol. The number of oxazole rings is 1. The van der Waals surface area contributed by atoms with Crippen LogP contribution in [-0.2, 0) is 26.7 Å². The standard InChI is InChI=1S/C36H47N7O5Si/c1-26-11-12-27-22-28(32(44-2)23-30(27)41-26)31-24-40-33(43(31)25-45-20-21-49(3,4)5)29(42-35-38-14-9-15-39-35)10-7-6-8-13-36(47-18-19-48-36)34-37-16-17-46-34/h9,11-12,14-17,22-24,29H,6-8,10,13,18-21,25H2,1-5H3,(H,38,39,42). The van der Waals surface area contributed by atoms with Crippen molar-refractivity contribution in [3.63, 3.8) is 0 Å². The fourth-order valence-corrected chi connectivity index (χ4v) is 6.85. The third kappa shape index (κ3) is 8.53. The molecule has 6 rings (SSSR count). The lowest BCUT2D eigenvalue weighted by Crippen LogP contribution is -2.27. The Morgan fingerprint density at radius 1 is 1.00 bits per heavy atom. The van der Waals surface area contributed by atoms with Crippen molar-refractivity contribution in [2.75, 3.05) is 32.2 Å². The third-order valence-corrected chi connectivity index (χ3v) is 10.4. The van der Waals surface area contributed by atoms with Crippen LogP contribution in [0, 0.1) is 6.92 Å². The zero-order chi connectivity index (χ0) is 34.3. The topological polar surface area (TPSA) is 131 Å². The Morgan fingerprint density at radius 2 is 1.82 bits per heavy atom. The fourth-order valence-electron chi connectivity index (χ4n) is 6.10. The summed E-state index contributed by atoms with van der Waals surface area (Å²) in [5, 5.41) is 4.60. The van der Waals surface area contributed by atoms with Crippen molar-refractivity contribution in [3.05, 3.63) is 78.8 Å². The van der Waals surface area contributed by atoms with Crippen LogP contribution in [0.2, 0.25) is 25.7 Å². The van der Waals surface area contributed by atoms with Crippen molar-refractivity contribution in [2.45, 2.75) is 83.3 Å². The number of fused-ring (bicyclic) bond motifs is 1. The molecule has 1 saturated heterocycles. The molecule has 0 aliphatic carbocycles. The number of hydrogen-bond donors (Lipinski definition) is 1. The van der Waals surface area contributed by atoms with E-state index >= 15 is 0 Å². The minimum atomic E-state index is -1.29. The number of aryl methyl sites for hydroxylation is 1. The summed E-state index contributed by atoms with van der Waals surface area (Å²) in [6, 6.07) is 10.9. The number of rotatable bonds is 17. The van der Waals surface area contributed by atoms with Crippen molar-refractivity contribution in [2.24, 2.45) is 0 Å². The minimum Gasteiger partial charge on any atom is -0.496 e. The molecule has 5 aromatic rings. The molecule has 1 aromatic carbocycles. The first kappa shape index (κ1) is 34.7. The molecule has 1 unspecified atom stereocenters. The minimum absolute atomic E-state index is 0.188. The molecule has 5 heterocycles. The largest absolute Gasteiger partial charge is 0.496 e. The maximum absolute atomic E-state index is 6.38. The van der Waals surface area contributed by atoms with Gasteiger partial charge in [-0.05, 0) is 44.0 Å². The van der Waals surface area contributed by atoms with E-state index in [0.717, 1.165) is 71.2 Å². The van der Waals surface area contributed by atoms with Gasteiger partial charge < -0.3 is 33.2 Å². The zero-order valence-corrected chi connectivity index (χ0v) is 30.1. The summed E-state index contributed by atoms with van der Waals surface area (Å²) in [6.45, 7) is 11.1. The molecule has 260 valence electrons. The fraction of sp³-hybridized carbons (Fsp3) is 0.472. The van der Waals surface area contributed by atoms with Crippen LogP contribution in [0.3, 0.4) is 0 Å². The van der Waals surface area contributed by atoms with Crippen molar-refractivity contribution in [1.29, 1.82) is 0 Å². The molecule has 0 radical (unpaired) electrons. The van der Waals surface area contributed by atoms with E-state index in [1.165, 1.54) is 0 Å². The van der Waals surface area contributed by atoms with Crippen LogP contribution >= 0.6 is 0 Å². The van der Waals surface area contributed by atoms with Gasteiger partial charge in [-0.3, -0.25) is 4.98 Å². The molecule has 12 nitrogen and oxygen atoms in total. The van der Waals surface area contributed by atoms with E-state index in [2.05, 4.69) is 56.6 Å². The lowest BCUT2D eigenvalue weighted by molar-refractivity contribution is -0.187. The summed E-state index contributed by atoms with van der Waals surface area (Å²) in [4.78, 5) is 23.0. The van der Waals surface area contributed by atoms with Gasteiger partial charge in [0, 0.05) is 56.2 Å². The molecule has 1 atom stereocenters. The number of methoxy groups -OCH3 is 1. The third-order valence-electron chi connectivity index (χ3n) is 8.72. The van der Waals surface area contributed by atoms with Crippen LogP contribution in [0.1, 0.15) is 55.6 Å². The molecule has 1 aliphatic rings. The van der Waals surface area contributed by atoms with E-state index in [1.807, 2.05) is 31.3 Å². The van der Waals surface area contributed by atoms with E-state index < -0.39 is 13.9 Å². The van der Waals surface area contributed by atoms with Crippen LogP contribution in [0.15, 0.2) is 65.8 Å². The SMILES string of the molecule is COc1cc2nc(C)ccc2cc1-c1cnc(C(CCCCCC2(c3ncco3)OCCO2)Nc2ncccn2)n1COCC[Si](C)(C)C. The molecular weight excluding hydrogens is 639 g/mol. The van der Waals surface area contributed by atoms with Crippen LogP contribution in [0.25, 0.3) is 22.2 Å². The zero-order valence-electron chi connectivity index (χ0n) is 29.1. The summed E-state index contributed by atoms with van der Waals surface area (Å²) in [5.74, 6) is 1.68. The van der Waals surface area contributed by atoms with Crippen LogP contribution < -0.4 is 10.1 Å². The highest BCUT2D eigenvalue weighted by Gasteiger charge is 2.42. The van der Waals surface area contributed by atoms with Crippen molar-refractivity contribution >= 4 is 24.9 Å². The summed E-state index contributed by atoms with van der Waals surface area (Å²) in [5.41, 5.74) is 3.68. The highest BCUT2D eigenvalue weighted by atomic mass is 28.3. The Bertz CT molecular complexity index is 1790. The Labute approximate surface area is 288 Å². The first-order valence-electron chi connectivity index (χ1n) is 17.0. The first-order chi connectivity index (χ1) is 23.7. The second-order valence-corrected chi connectivity index (χ2v) is 19.3. The van der Waals surface area contributed by atoms with Crippen LogP contribution in [-0.4, -0.2) is 64.5 Å². The van der Waals surface area contributed by atoms with Crippen molar-refractivity contribution in [3.8, 4) is 17.0 Å². The van der Waals surface area contributed by atoms with Gasteiger partial charge >= 0.3 is 0 Å². The number of pyridine rings is 1. The van der Waals surface area contributed by atoms with Gasteiger partial charge in [-0.2, -0.15) is 0 Å². The van der Waals surface area contributed by atoms with Gasteiger partial charge in [0.1, 0.15) is 24.6 Å². The predicted molar refractivity (Wildman–Crippen MR) is 190 cm³/mol. The summed E-state index contributed by atoms with van der Waals surface area (Å²) in [6.07, 6.45) is 12.7. The second kappa shape index (κ2) is 15.6. The molecule has 0 bridgehead atoms.